The van der Waals surface area contributed by atoms with Gasteiger partial charge in [0, 0.05) is 18.8 Å². The van der Waals surface area contributed by atoms with Gasteiger partial charge in [0.25, 0.3) is 10.2 Å². The fraction of sp³-hybridized carbons (Fsp3) is 0.533. The van der Waals surface area contributed by atoms with Gasteiger partial charge in [-0.2, -0.15) is 17.4 Å². The van der Waals surface area contributed by atoms with Crippen LogP contribution in [-0.2, 0) is 15.0 Å². The molecule has 1 aliphatic rings. The first kappa shape index (κ1) is 16.9. The minimum absolute atomic E-state index is 0.346. The number of benzene rings is 1. The summed E-state index contributed by atoms with van der Waals surface area (Å²) < 4.78 is 28.5. The summed E-state index contributed by atoms with van der Waals surface area (Å²) in [6.45, 7) is 4.59. The first-order valence-corrected chi connectivity index (χ1v) is 8.96. The van der Waals surface area contributed by atoms with E-state index in [0.29, 0.717) is 24.7 Å². The maximum Gasteiger partial charge on any atom is 0.280 e. The molecule has 1 amide bonds. The number of rotatable bonds is 5. The third-order valence-corrected chi connectivity index (χ3v) is 5.38. The number of hydrogen-bond donors (Lipinski definition) is 2. The monoisotopic (exact) mass is 325 g/mol. The van der Waals surface area contributed by atoms with Crippen molar-refractivity contribution in [3.05, 3.63) is 30.3 Å². The van der Waals surface area contributed by atoms with E-state index in [-0.39, 0.29) is 5.91 Å². The Labute approximate surface area is 132 Å². The second-order valence-corrected chi connectivity index (χ2v) is 7.51. The summed E-state index contributed by atoms with van der Waals surface area (Å²) in [6, 6.07) is 8.14. The first-order valence-electron chi connectivity index (χ1n) is 7.52. The van der Waals surface area contributed by atoms with Crippen LogP contribution in [0.4, 0.5) is 5.69 Å². The summed E-state index contributed by atoms with van der Waals surface area (Å²) in [5.41, 5.74) is 0.644. The molecular weight excluding hydrogens is 302 g/mol. The number of carbonyl (C=O) groups excluding carboxylic acids is 1. The van der Waals surface area contributed by atoms with Crippen LogP contribution in [0.25, 0.3) is 0 Å². The van der Waals surface area contributed by atoms with Gasteiger partial charge in [-0.05, 0) is 37.8 Å². The quantitative estimate of drug-likeness (QED) is 0.863. The molecule has 2 N–H and O–H groups in total. The van der Waals surface area contributed by atoms with Crippen molar-refractivity contribution in [2.75, 3.05) is 18.4 Å². The van der Waals surface area contributed by atoms with E-state index in [1.54, 1.807) is 31.2 Å². The van der Waals surface area contributed by atoms with Crippen LogP contribution >= 0.6 is 0 Å². The Bertz CT molecular complexity index is 604. The molecule has 1 aromatic carbocycles. The van der Waals surface area contributed by atoms with E-state index in [9.17, 15) is 13.2 Å². The SMILES string of the molecule is C[C@H]1CCCN(S(=O)(=O)N[C@H](C)C(=O)Nc2ccccc2)C1. The Morgan fingerprint density at radius 1 is 1.32 bits per heavy atom. The van der Waals surface area contributed by atoms with E-state index in [0.717, 1.165) is 12.8 Å². The third kappa shape index (κ3) is 4.53. The molecule has 1 saturated heterocycles. The van der Waals surface area contributed by atoms with Gasteiger partial charge in [-0.15, -0.1) is 0 Å². The average molecular weight is 325 g/mol. The van der Waals surface area contributed by atoms with Crippen LogP contribution in [0.2, 0.25) is 0 Å². The van der Waals surface area contributed by atoms with Crippen LogP contribution in [0.15, 0.2) is 30.3 Å². The largest absolute Gasteiger partial charge is 0.325 e. The molecule has 1 aliphatic heterocycles. The van der Waals surface area contributed by atoms with Crippen molar-refractivity contribution in [1.82, 2.24) is 9.03 Å². The van der Waals surface area contributed by atoms with Crippen LogP contribution in [0.5, 0.6) is 0 Å². The molecule has 0 aliphatic carbocycles. The lowest BCUT2D eigenvalue weighted by molar-refractivity contribution is -0.117. The highest BCUT2D eigenvalue weighted by molar-refractivity contribution is 7.87. The van der Waals surface area contributed by atoms with E-state index in [1.165, 1.54) is 4.31 Å². The Kier molecular flexibility index (Phi) is 5.55. The predicted octanol–water partition coefficient (Wildman–Crippen LogP) is 1.58. The number of nitrogens with zero attached hydrogens (tertiary/aromatic N) is 1. The summed E-state index contributed by atoms with van der Waals surface area (Å²) in [6.07, 6.45) is 1.89. The zero-order chi connectivity index (χ0) is 16.2. The lowest BCUT2D eigenvalue weighted by Crippen LogP contribution is -2.50. The number of amides is 1. The van der Waals surface area contributed by atoms with Crippen molar-refractivity contribution in [3.63, 3.8) is 0 Å². The van der Waals surface area contributed by atoms with Crippen LogP contribution in [-0.4, -0.2) is 37.8 Å². The molecule has 0 aromatic heterocycles. The first-order chi connectivity index (χ1) is 10.4. The summed E-state index contributed by atoms with van der Waals surface area (Å²) in [4.78, 5) is 12.1. The lowest BCUT2D eigenvalue weighted by atomic mass is 10.0. The smallest absolute Gasteiger partial charge is 0.280 e. The van der Waals surface area contributed by atoms with Crippen molar-refractivity contribution >= 4 is 21.8 Å². The van der Waals surface area contributed by atoms with Crippen molar-refractivity contribution in [3.8, 4) is 0 Å². The maximum absolute atomic E-state index is 12.3. The topological polar surface area (TPSA) is 78.5 Å². The minimum Gasteiger partial charge on any atom is -0.325 e. The van der Waals surface area contributed by atoms with Gasteiger partial charge in [0.2, 0.25) is 5.91 Å². The van der Waals surface area contributed by atoms with Crippen LogP contribution < -0.4 is 10.0 Å². The molecule has 0 bridgehead atoms. The van der Waals surface area contributed by atoms with Gasteiger partial charge in [0.1, 0.15) is 0 Å². The van der Waals surface area contributed by atoms with Crippen LogP contribution in [0.3, 0.4) is 0 Å². The Hall–Kier alpha value is -1.44. The molecule has 2 atom stereocenters. The van der Waals surface area contributed by atoms with E-state index >= 15 is 0 Å². The molecule has 1 heterocycles. The number of hydrogen-bond acceptors (Lipinski definition) is 3. The molecule has 2 rings (SSSR count). The van der Waals surface area contributed by atoms with Gasteiger partial charge < -0.3 is 5.32 Å². The van der Waals surface area contributed by atoms with E-state index in [4.69, 9.17) is 0 Å². The second kappa shape index (κ2) is 7.21. The summed E-state index contributed by atoms with van der Waals surface area (Å²) >= 11 is 0. The van der Waals surface area contributed by atoms with Crippen molar-refractivity contribution in [2.24, 2.45) is 5.92 Å². The molecule has 1 aromatic rings. The second-order valence-electron chi connectivity index (χ2n) is 5.81. The molecule has 122 valence electrons. The third-order valence-electron chi connectivity index (χ3n) is 3.72. The normalized spacial score (nSPS) is 21.3. The molecular formula is C15H23N3O3S. The van der Waals surface area contributed by atoms with Gasteiger partial charge in [-0.3, -0.25) is 4.79 Å². The Morgan fingerprint density at radius 2 is 2.00 bits per heavy atom. The molecule has 7 heteroatoms. The fourth-order valence-corrected chi connectivity index (χ4v) is 4.01. The molecule has 6 nitrogen and oxygen atoms in total. The van der Waals surface area contributed by atoms with Gasteiger partial charge >= 0.3 is 0 Å². The Morgan fingerprint density at radius 3 is 2.64 bits per heavy atom. The van der Waals surface area contributed by atoms with E-state index in [1.807, 2.05) is 13.0 Å². The molecule has 0 saturated carbocycles. The molecule has 1 fully saturated rings. The maximum atomic E-state index is 12.3. The highest BCUT2D eigenvalue weighted by atomic mass is 32.2. The van der Waals surface area contributed by atoms with Crippen molar-refractivity contribution in [2.45, 2.75) is 32.7 Å². The molecule has 22 heavy (non-hydrogen) atoms. The van der Waals surface area contributed by atoms with Gasteiger partial charge in [-0.25, -0.2) is 0 Å². The molecule has 0 unspecified atom stereocenters. The zero-order valence-corrected chi connectivity index (χ0v) is 13.8. The van der Waals surface area contributed by atoms with Crippen LogP contribution in [0, 0.1) is 5.92 Å². The number of anilines is 1. The summed E-state index contributed by atoms with van der Waals surface area (Å²) in [5, 5.41) is 2.69. The van der Waals surface area contributed by atoms with E-state index < -0.39 is 16.3 Å². The van der Waals surface area contributed by atoms with Crippen molar-refractivity contribution < 1.29 is 13.2 Å². The summed E-state index contributed by atoms with van der Waals surface area (Å²) in [7, 11) is -3.63. The molecule has 0 radical (unpaired) electrons. The van der Waals surface area contributed by atoms with Gasteiger partial charge in [0.15, 0.2) is 0 Å². The number of piperidine rings is 1. The predicted molar refractivity (Wildman–Crippen MR) is 86.6 cm³/mol. The Balaban J connectivity index is 1.95. The highest BCUT2D eigenvalue weighted by Crippen LogP contribution is 2.18. The van der Waals surface area contributed by atoms with Gasteiger partial charge in [-0.1, -0.05) is 25.1 Å². The fourth-order valence-electron chi connectivity index (χ4n) is 2.49. The standard InChI is InChI=1S/C15H23N3O3S/c1-12-7-6-10-18(11-12)22(20,21)17-13(2)15(19)16-14-8-4-3-5-9-14/h3-5,8-9,12-13,17H,6-7,10-11H2,1-2H3,(H,16,19)/t12-,13+/m0/s1. The minimum atomic E-state index is -3.63. The number of para-hydroxylation sites is 1. The average Bonchev–Trinajstić information content (AvgIpc) is 2.48. The lowest BCUT2D eigenvalue weighted by Gasteiger charge is -2.30. The molecule has 0 spiro atoms. The number of carbonyl (C=O) groups is 1. The van der Waals surface area contributed by atoms with Gasteiger partial charge in [0.05, 0.1) is 6.04 Å². The highest BCUT2D eigenvalue weighted by Gasteiger charge is 2.29. The zero-order valence-electron chi connectivity index (χ0n) is 13.0. The van der Waals surface area contributed by atoms with Crippen molar-refractivity contribution in [1.29, 1.82) is 0 Å². The van der Waals surface area contributed by atoms with Crippen LogP contribution in [0.1, 0.15) is 26.7 Å². The summed E-state index contributed by atoms with van der Waals surface area (Å²) in [5.74, 6) is -0.0291. The van der Waals surface area contributed by atoms with E-state index in [2.05, 4.69) is 10.0 Å². The number of nitrogens with one attached hydrogen (secondary N) is 2.